The van der Waals surface area contributed by atoms with Gasteiger partial charge in [0.2, 0.25) is 0 Å². The van der Waals surface area contributed by atoms with Gasteiger partial charge in [-0.2, -0.15) is 0 Å². The number of H-pyrrole nitrogens is 1. The Kier molecular flexibility index (Phi) is 2.57. The average Bonchev–Trinajstić information content (AvgIpc) is 2.38. The van der Waals surface area contributed by atoms with Gasteiger partial charge in [-0.1, -0.05) is 0 Å². The van der Waals surface area contributed by atoms with E-state index >= 15 is 0 Å². The van der Waals surface area contributed by atoms with E-state index in [1.54, 1.807) is 16.8 Å². The van der Waals surface area contributed by atoms with Crippen molar-refractivity contribution in [2.45, 2.75) is 0 Å². The van der Waals surface area contributed by atoms with Gasteiger partial charge in [0.25, 0.3) is 0 Å². The Morgan fingerprint density at radius 1 is 1.90 bits per heavy atom. The van der Waals surface area contributed by atoms with E-state index in [-0.39, 0.29) is 5.91 Å². The molecular formula is C6H5N2OW-. The van der Waals surface area contributed by atoms with Crippen molar-refractivity contribution in [2.75, 3.05) is 0 Å². The van der Waals surface area contributed by atoms with Crippen LogP contribution in [0, 0.1) is 6.20 Å². The zero-order valence-corrected chi connectivity index (χ0v) is 7.98. The second-order valence-corrected chi connectivity index (χ2v) is 2.45. The second kappa shape index (κ2) is 3.47. The molecule has 0 aliphatic carbocycles. The van der Waals surface area contributed by atoms with Crippen LogP contribution in [0.3, 0.4) is 0 Å². The molecule has 0 aliphatic heterocycles. The molecule has 1 heterocycles. The Hall–Kier alpha value is -0.692. The molecule has 0 fully saturated rings. The van der Waals surface area contributed by atoms with Gasteiger partial charge in [0, 0.05) is 0 Å². The molecule has 1 aromatic heterocycles. The monoisotopic (exact) mass is 305 g/mol. The molecular weight excluding hydrogens is 300 g/mol. The predicted octanol–water partition coefficient (Wildman–Crippen LogP) is -0.149. The summed E-state index contributed by atoms with van der Waals surface area (Å²) in [5.41, 5.74) is 0.539. The maximum atomic E-state index is 10.9. The Morgan fingerprint density at radius 2 is 2.70 bits per heavy atom. The third-order valence-corrected chi connectivity index (χ3v) is 1.40. The fourth-order valence-electron chi connectivity index (χ4n) is 0.550. The first-order chi connectivity index (χ1) is 4.84. The molecule has 0 unspecified atom stereocenters. The minimum atomic E-state index is -0.115. The number of hydrogen-bond donors (Lipinski definition) is 2. The van der Waals surface area contributed by atoms with E-state index < -0.39 is 0 Å². The molecule has 1 aromatic rings. The third kappa shape index (κ3) is 1.64. The van der Waals surface area contributed by atoms with E-state index in [0.29, 0.717) is 5.56 Å². The number of aromatic nitrogens is 1. The van der Waals surface area contributed by atoms with Crippen molar-refractivity contribution >= 4 is 10.4 Å². The summed E-state index contributed by atoms with van der Waals surface area (Å²) in [5.74, 6) is -0.115. The minimum absolute atomic E-state index is 0.115. The summed E-state index contributed by atoms with van der Waals surface area (Å²) in [6.07, 6.45) is 4.34. The maximum absolute atomic E-state index is 10.9. The number of carbonyl (C=O) groups excluding carboxylic acids is 1. The molecule has 3 nitrogen and oxygen atoms in total. The summed E-state index contributed by atoms with van der Waals surface area (Å²) >= 11 is 1.22. The summed E-state index contributed by atoms with van der Waals surface area (Å²) < 4.78 is 1.67. The van der Waals surface area contributed by atoms with Crippen molar-refractivity contribution in [3.63, 3.8) is 0 Å². The summed E-state index contributed by atoms with van der Waals surface area (Å²) in [6, 6.07) is 1.67. The zero-order valence-electron chi connectivity index (χ0n) is 5.05. The quantitative estimate of drug-likeness (QED) is 0.734. The van der Waals surface area contributed by atoms with Gasteiger partial charge in [0.05, 0.1) is 0 Å². The van der Waals surface area contributed by atoms with Crippen molar-refractivity contribution in [1.29, 1.82) is 0 Å². The van der Waals surface area contributed by atoms with Gasteiger partial charge >= 0.3 is 68.9 Å². The van der Waals surface area contributed by atoms with Crippen LogP contribution in [0.1, 0.15) is 10.4 Å². The van der Waals surface area contributed by atoms with E-state index in [0.717, 1.165) is 0 Å². The molecule has 0 aliphatic rings. The Morgan fingerprint density at radius 3 is 3.20 bits per heavy atom. The van der Waals surface area contributed by atoms with Crippen molar-refractivity contribution < 1.29 is 24.1 Å². The number of nitrogens with one attached hydrogen (secondary N) is 2. The molecule has 0 saturated heterocycles. The molecule has 0 atom stereocenters. The molecule has 2 N–H and O–H groups in total. The number of aromatic amines is 1. The first-order valence-electron chi connectivity index (χ1n) is 2.64. The molecule has 1 rings (SSSR count). The van der Waals surface area contributed by atoms with E-state index in [4.69, 9.17) is 0 Å². The number of amides is 1. The van der Waals surface area contributed by atoms with E-state index in [2.05, 4.69) is 16.5 Å². The van der Waals surface area contributed by atoms with Crippen LogP contribution >= 0.6 is 0 Å². The van der Waals surface area contributed by atoms with Crippen molar-refractivity contribution in [1.82, 2.24) is 10.3 Å². The summed E-state index contributed by atoms with van der Waals surface area (Å²) in [4.78, 5) is 13.6. The normalized spacial score (nSPS) is 8.80. The average molecular weight is 305 g/mol. The van der Waals surface area contributed by atoms with Crippen molar-refractivity contribution in [2.24, 2.45) is 0 Å². The van der Waals surface area contributed by atoms with Gasteiger partial charge in [-0.15, -0.1) is 0 Å². The standard InChI is InChI=1S/C6H5N2O.W/c1-7-6(9)5-2-3-8-4-5;/h1-3,8H,(H,7,9);/q-1;. The molecule has 0 aromatic carbocycles. The van der Waals surface area contributed by atoms with E-state index in [9.17, 15) is 4.79 Å². The Bertz CT molecular complexity index is 230. The van der Waals surface area contributed by atoms with Gasteiger partial charge in [0.15, 0.2) is 0 Å². The van der Waals surface area contributed by atoms with Gasteiger partial charge in [0.1, 0.15) is 0 Å². The van der Waals surface area contributed by atoms with Crippen LogP contribution in [0.25, 0.3) is 0 Å². The molecule has 0 saturated carbocycles. The number of carbonyl (C=O) groups is 1. The Labute approximate surface area is 69.2 Å². The molecule has 0 radical (unpaired) electrons. The summed E-state index contributed by atoms with van der Waals surface area (Å²) in [6.45, 7) is 0. The SMILES string of the molecule is O=C(N[CH]=[W])c1[c-][nH]cc1. The first-order valence-corrected chi connectivity index (χ1v) is 4.33. The number of hydrogen-bond acceptors (Lipinski definition) is 1. The molecule has 0 bridgehead atoms. The topological polar surface area (TPSA) is 44.9 Å². The van der Waals surface area contributed by atoms with E-state index in [1.165, 1.54) is 19.4 Å². The molecule has 1 amide bonds. The third-order valence-electron chi connectivity index (χ3n) is 0.975. The molecule has 0 spiro atoms. The van der Waals surface area contributed by atoms with Crippen LogP contribution < -0.4 is 5.32 Å². The van der Waals surface area contributed by atoms with Gasteiger partial charge < -0.3 is 0 Å². The Balaban J connectivity index is 2.68. The molecule has 52 valence electrons. The number of rotatable bonds is 2. The zero-order chi connectivity index (χ0) is 7.40. The second-order valence-electron chi connectivity index (χ2n) is 1.61. The summed E-state index contributed by atoms with van der Waals surface area (Å²) in [5, 5.41) is 2.57. The molecule has 10 heavy (non-hydrogen) atoms. The van der Waals surface area contributed by atoms with Crippen LogP contribution in [-0.4, -0.2) is 15.4 Å². The van der Waals surface area contributed by atoms with Gasteiger partial charge in [-0.25, -0.2) is 0 Å². The van der Waals surface area contributed by atoms with Crippen LogP contribution in [0.15, 0.2) is 12.3 Å². The van der Waals surface area contributed by atoms with Gasteiger partial charge in [-0.05, 0) is 0 Å². The first kappa shape index (κ1) is 7.42. The predicted molar refractivity (Wildman–Crippen MR) is 33.2 cm³/mol. The van der Waals surface area contributed by atoms with Crippen molar-refractivity contribution in [3.05, 3.63) is 24.0 Å². The fourth-order valence-corrected chi connectivity index (χ4v) is 0.934. The fraction of sp³-hybridized carbons (Fsp3) is 0. The van der Waals surface area contributed by atoms with Crippen LogP contribution in [-0.2, 0) is 19.4 Å². The van der Waals surface area contributed by atoms with Crippen molar-refractivity contribution in [3.8, 4) is 0 Å². The van der Waals surface area contributed by atoms with Crippen LogP contribution in [0.4, 0.5) is 0 Å². The van der Waals surface area contributed by atoms with Crippen LogP contribution in [0.5, 0.6) is 0 Å². The molecule has 4 heteroatoms. The van der Waals surface area contributed by atoms with Gasteiger partial charge in [-0.3, -0.25) is 0 Å². The summed E-state index contributed by atoms with van der Waals surface area (Å²) in [7, 11) is 0. The van der Waals surface area contributed by atoms with Crippen LogP contribution in [0.2, 0.25) is 0 Å². The van der Waals surface area contributed by atoms with E-state index in [1.807, 2.05) is 0 Å².